The molecule has 0 fully saturated rings. The number of hydrogen-bond acceptors (Lipinski definition) is 2. The lowest BCUT2D eigenvalue weighted by atomic mass is 10.1. The summed E-state index contributed by atoms with van der Waals surface area (Å²) in [6, 6.07) is 5.86. The summed E-state index contributed by atoms with van der Waals surface area (Å²) in [5.41, 5.74) is 5.80. The van der Waals surface area contributed by atoms with Crippen molar-refractivity contribution in [1.82, 2.24) is 5.32 Å². The Kier molecular flexibility index (Phi) is 5.02. The number of anilines is 1. The minimum Gasteiger partial charge on any atom is -0.338 e. The Balaban J connectivity index is 1.84. The van der Waals surface area contributed by atoms with E-state index in [0.717, 1.165) is 17.7 Å². The van der Waals surface area contributed by atoms with Gasteiger partial charge in [-0.15, -0.1) is 11.3 Å². The van der Waals surface area contributed by atoms with E-state index in [2.05, 4.69) is 35.9 Å². The molecule has 3 nitrogen and oxygen atoms in total. The Bertz CT molecular complexity index is 646. The quantitative estimate of drug-likeness (QED) is 0.866. The Labute approximate surface area is 130 Å². The fourth-order valence-electron chi connectivity index (χ4n) is 2.24. The molecule has 21 heavy (non-hydrogen) atoms. The molecule has 0 aliphatic rings. The van der Waals surface area contributed by atoms with E-state index in [4.69, 9.17) is 0 Å². The molecular weight excluding hydrogens is 280 g/mol. The second-order valence-electron chi connectivity index (χ2n) is 5.39. The Morgan fingerprint density at radius 3 is 2.57 bits per heavy atom. The van der Waals surface area contributed by atoms with Crippen LogP contribution in [-0.2, 0) is 6.42 Å². The zero-order chi connectivity index (χ0) is 15.4. The highest BCUT2D eigenvalue weighted by Crippen LogP contribution is 2.20. The Morgan fingerprint density at radius 2 is 1.95 bits per heavy atom. The van der Waals surface area contributed by atoms with Gasteiger partial charge in [0.15, 0.2) is 0 Å². The van der Waals surface area contributed by atoms with Crippen molar-refractivity contribution in [2.75, 3.05) is 11.9 Å². The van der Waals surface area contributed by atoms with Gasteiger partial charge < -0.3 is 10.6 Å². The average Bonchev–Trinajstić information content (AvgIpc) is 2.74. The first-order chi connectivity index (χ1) is 9.97. The first-order valence-electron chi connectivity index (χ1n) is 7.13. The molecule has 0 bridgehead atoms. The highest BCUT2D eigenvalue weighted by Gasteiger charge is 2.06. The van der Waals surface area contributed by atoms with Crippen molar-refractivity contribution in [1.29, 1.82) is 0 Å². The lowest BCUT2D eigenvalue weighted by Crippen LogP contribution is -2.30. The highest BCUT2D eigenvalue weighted by molar-refractivity contribution is 7.10. The molecular formula is C17H22N2OS. The molecule has 1 aromatic carbocycles. The minimum atomic E-state index is -0.147. The third-order valence-corrected chi connectivity index (χ3v) is 4.76. The van der Waals surface area contributed by atoms with Gasteiger partial charge >= 0.3 is 6.03 Å². The van der Waals surface area contributed by atoms with Gasteiger partial charge in [-0.3, -0.25) is 0 Å². The van der Waals surface area contributed by atoms with Crippen molar-refractivity contribution in [2.45, 2.75) is 34.1 Å². The molecule has 112 valence electrons. The number of thiophene rings is 1. The van der Waals surface area contributed by atoms with Gasteiger partial charge in [-0.05, 0) is 62.3 Å². The summed E-state index contributed by atoms with van der Waals surface area (Å²) in [5, 5.41) is 7.98. The van der Waals surface area contributed by atoms with E-state index >= 15 is 0 Å². The number of nitrogens with one attached hydrogen (secondary N) is 2. The van der Waals surface area contributed by atoms with E-state index in [1.54, 1.807) is 11.3 Å². The van der Waals surface area contributed by atoms with Crippen molar-refractivity contribution in [3.8, 4) is 0 Å². The molecule has 0 saturated carbocycles. The molecule has 1 heterocycles. The molecule has 0 saturated heterocycles. The molecule has 2 N–H and O–H groups in total. The Morgan fingerprint density at radius 1 is 1.19 bits per heavy atom. The van der Waals surface area contributed by atoms with E-state index in [1.807, 2.05) is 26.0 Å². The van der Waals surface area contributed by atoms with Gasteiger partial charge in [-0.2, -0.15) is 0 Å². The molecule has 0 aliphatic heterocycles. The third kappa shape index (κ3) is 4.08. The summed E-state index contributed by atoms with van der Waals surface area (Å²) in [6.07, 6.45) is 0.872. The zero-order valence-electron chi connectivity index (χ0n) is 13.0. The lowest BCUT2D eigenvalue weighted by molar-refractivity contribution is 0.252. The van der Waals surface area contributed by atoms with E-state index in [0.29, 0.717) is 6.54 Å². The van der Waals surface area contributed by atoms with Crippen molar-refractivity contribution in [2.24, 2.45) is 0 Å². The number of carbonyl (C=O) groups is 1. The van der Waals surface area contributed by atoms with Crippen LogP contribution in [0.25, 0.3) is 0 Å². The maximum Gasteiger partial charge on any atom is 0.319 e. The molecule has 2 aromatic rings. The van der Waals surface area contributed by atoms with Crippen LogP contribution in [0.4, 0.5) is 10.5 Å². The SMILES string of the molecule is Cc1ccc(NC(=O)NCCc2csc(C)c2C)c(C)c1. The van der Waals surface area contributed by atoms with Gasteiger partial charge in [-0.1, -0.05) is 17.7 Å². The highest BCUT2D eigenvalue weighted by atomic mass is 32.1. The van der Waals surface area contributed by atoms with E-state index in [-0.39, 0.29) is 6.03 Å². The molecule has 0 aliphatic carbocycles. The van der Waals surface area contributed by atoms with Crippen LogP contribution in [0.3, 0.4) is 0 Å². The predicted molar refractivity (Wildman–Crippen MR) is 90.4 cm³/mol. The normalized spacial score (nSPS) is 10.5. The number of amides is 2. The Hall–Kier alpha value is -1.81. The topological polar surface area (TPSA) is 41.1 Å². The van der Waals surface area contributed by atoms with Crippen molar-refractivity contribution >= 4 is 23.1 Å². The first kappa shape index (κ1) is 15.6. The van der Waals surface area contributed by atoms with Crippen LogP contribution in [-0.4, -0.2) is 12.6 Å². The second kappa shape index (κ2) is 6.76. The predicted octanol–water partition coefficient (Wildman–Crippen LogP) is 4.35. The fraction of sp³-hybridized carbons (Fsp3) is 0.353. The summed E-state index contributed by atoms with van der Waals surface area (Å²) in [6.45, 7) is 8.95. The number of urea groups is 1. The molecule has 0 atom stereocenters. The molecule has 4 heteroatoms. The fourth-order valence-corrected chi connectivity index (χ4v) is 3.16. The van der Waals surface area contributed by atoms with Crippen molar-refractivity contribution < 1.29 is 4.79 Å². The molecule has 0 radical (unpaired) electrons. The molecule has 0 unspecified atom stereocenters. The number of carbonyl (C=O) groups excluding carboxylic acids is 1. The summed E-state index contributed by atoms with van der Waals surface area (Å²) in [4.78, 5) is 13.3. The first-order valence-corrected chi connectivity index (χ1v) is 8.01. The number of benzene rings is 1. The zero-order valence-corrected chi connectivity index (χ0v) is 13.9. The van der Waals surface area contributed by atoms with Gasteiger partial charge in [0.05, 0.1) is 0 Å². The largest absolute Gasteiger partial charge is 0.338 e. The van der Waals surface area contributed by atoms with Gasteiger partial charge in [0, 0.05) is 17.1 Å². The van der Waals surface area contributed by atoms with Crippen LogP contribution in [0.2, 0.25) is 0 Å². The van der Waals surface area contributed by atoms with Crippen molar-refractivity contribution in [3.63, 3.8) is 0 Å². The summed E-state index contributed by atoms with van der Waals surface area (Å²) in [5.74, 6) is 0. The van der Waals surface area contributed by atoms with E-state index < -0.39 is 0 Å². The van der Waals surface area contributed by atoms with Crippen molar-refractivity contribution in [3.05, 3.63) is 50.7 Å². The third-order valence-electron chi connectivity index (χ3n) is 3.70. The minimum absolute atomic E-state index is 0.147. The molecule has 0 spiro atoms. The number of rotatable bonds is 4. The van der Waals surface area contributed by atoms with Crippen LogP contribution in [0.15, 0.2) is 23.6 Å². The van der Waals surface area contributed by atoms with E-state index in [9.17, 15) is 4.79 Å². The number of hydrogen-bond donors (Lipinski definition) is 2. The average molecular weight is 302 g/mol. The molecule has 2 amide bonds. The van der Waals surface area contributed by atoms with E-state index in [1.165, 1.54) is 21.6 Å². The van der Waals surface area contributed by atoms with Gasteiger partial charge in [0.25, 0.3) is 0 Å². The summed E-state index contributed by atoms with van der Waals surface area (Å²) < 4.78 is 0. The maximum absolute atomic E-state index is 11.9. The number of aryl methyl sites for hydroxylation is 3. The monoisotopic (exact) mass is 302 g/mol. The van der Waals surface area contributed by atoms with Crippen LogP contribution >= 0.6 is 11.3 Å². The molecule has 2 rings (SSSR count). The molecule has 1 aromatic heterocycles. The standard InChI is InChI=1S/C17H22N2OS/c1-11-5-6-16(12(2)9-11)19-17(20)18-8-7-15-10-21-14(4)13(15)3/h5-6,9-10H,7-8H2,1-4H3,(H2,18,19,20). The smallest absolute Gasteiger partial charge is 0.319 e. The summed E-state index contributed by atoms with van der Waals surface area (Å²) >= 11 is 1.77. The van der Waals surface area contributed by atoms with Gasteiger partial charge in [0.1, 0.15) is 0 Å². The summed E-state index contributed by atoms with van der Waals surface area (Å²) in [7, 11) is 0. The maximum atomic E-state index is 11.9. The van der Waals surface area contributed by atoms with Crippen LogP contribution in [0.1, 0.15) is 27.1 Å². The van der Waals surface area contributed by atoms with Gasteiger partial charge in [-0.25, -0.2) is 4.79 Å². The second-order valence-corrected chi connectivity index (χ2v) is 6.48. The van der Waals surface area contributed by atoms with Gasteiger partial charge in [0.2, 0.25) is 0 Å². The van der Waals surface area contributed by atoms with Crippen LogP contribution in [0.5, 0.6) is 0 Å². The van der Waals surface area contributed by atoms with Crippen LogP contribution < -0.4 is 10.6 Å². The van der Waals surface area contributed by atoms with Crippen LogP contribution in [0, 0.1) is 27.7 Å². The lowest BCUT2D eigenvalue weighted by Gasteiger charge is -2.10.